The number of halogens is 1. The Morgan fingerprint density at radius 3 is 2.48 bits per heavy atom. The first-order valence-electron chi connectivity index (χ1n) is 9.18. The Bertz CT molecular complexity index is 1040. The molecule has 2 aromatic rings. The van der Waals surface area contributed by atoms with E-state index in [4.69, 9.17) is 4.74 Å². The van der Waals surface area contributed by atoms with Crippen molar-refractivity contribution in [1.29, 1.82) is 0 Å². The quantitative estimate of drug-likeness (QED) is 0.323. The minimum absolute atomic E-state index is 0.112. The van der Waals surface area contributed by atoms with Gasteiger partial charge in [-0.25, -0.2) is 4.79 Å². The molecule has 1 N–H and O–H groups in total. The molecular weight excluding hydrogens is 494 g/mol. The molecule has 0 aliphatic heterocycles. The molecule has 2 aromatic heterocycles. The summed E-state index contributed by atoms with van der Waals surface area (Å²) in [6.45, 7) is 4.91. The molecule has 0 aliphatic rings. The Hall–Kier alpha value is -2.80. The molecule has 13 heteroatoms. The topological polar surface area (TPSA) is 137 Å². The fourth-order valence-electron chi connectivity index (χ4n) is 2.60. The number of aromatic nitrogens is 2. The van der Waals surface area contributed by atoms with Gasteiger partial charge in [-0.1, -0.05) is 6.92 Å². The van der Waals surface area contributed by atoms with E-state index in [9.17, 15) is 24.5 Å². The zero-order chi connectivity index (χ0) is 23.5. The van der Waals surface area contributed by atoms with Crippen molar-refractivity contribution in [2.45, 2.75) is 33.7 Å². The largest absolute Gasteiger partial charge is 0.462 e. The number of anilines is 1. The molecule has 0 spiro atoms. The number of carbonyl (C=O) groups excluding carboxylic acids is 3. The van der Waals surface area contributed by atoms with Gasteiger partial charge in [0.05, 0.1) is 27.8 Å². The van der Waals surface area contributed by atoms with Crippen molar-refractivity contribution in [1.82, 2.24) is 14.7 Å². The summed E-state index contributed by atoms with van der Waals surface area (Å²) in [6.07, 6.45) is 0.617. The van der Waals surface area contributed by atoms with E-state index in [1.165, 1.54) is 9.58 Å². The smallest absolute Gasteiger partial charge is 0.404 e. The van der Waals surface area contributed by atoms with Crippen molar-refractivity contribution in [3.63, 3.8) is 0 Å². The van der Waals surface area contributed by atoms with Crippen LogP contribution < -0.4 is 5.32 Å². The van der Waals surface area contributed by atoms with E-state index in [-0.39, 0.29) is 34.1 Å². The van der Waals surface area contributed by atoms with Gasteiger partial charge in [-0.15, -0.1) is 11.3 Å². The number of nitro groups is 1. The maximum absolute atomic E-state index is 12.6. The third-order valence-electron chi connectivity index (χ3n) is 4.22. The molecule has 0 fully saturated rings. The lowest BCUT2D eigenvalue weighted by Gasteiger charge is -2.09. The van der Waals surface area contributed by atoms with Crippen LogP contribution in [0, 0.1) is 24.0 Å². The van der Waals surface area contributed by atoms with Crippen LogP contribution in [0.3, 0.4) is 0 Å². The summed E-state index contributed by atoms with van der Waals surface area (Å²) in [7, 11) is 3.17. The van der Waals surface area contributed by atoms with Gasteiger partial charge in [-0.2, -0.15) is 4.68 Å². The Morgan fingerprint density at radius 1 is 1.32 bits per heavy atom. The molecule has 31 heavy (non-hydrogen) atoms. The highest BCUT2D eigenvalue weighted by Crippen LogP contribution is 2.34. The number of nitrogens with zero attached hydrogens (tertiary/aromatic N) is 4. The lowest BCUT2D eigenvalue weighted by Crippen LogP contribution is -2.21. The number of hydrogen-bond donors (Lipinski definition) is 1. The SMILES string of the molecule is CCCOC(=O)c1c(NC(=O)Cn2nc([N+](=O)[O-])c(Br)c2C)sc(C(=O)N(C)C)c1C. The summed E-state index contributed by atoms with van der Waals surface area (Å²) in [5.41, 5.74) is 0.922. The van der Waals surface area contributed by atoms with E-state index >= 15 is 0 Å². The number of carbonyl (C=O) groups is 3. The number of rotatable bonds is 8. The summed E-state index contributed by atoms with van der Waals surface area (Å²) >= 11 is 4.07. The van der Waals surface area contributed by atoms with Crippen LogP contribution in [-0.2, 0) is 16.1 Å². The maximum atomic E-state index is 12.6. The lowest BCUT2D eigenvalue weighted by atomic mass is 10.1. The van der Waals surface area contributed by atoms with Gasteiger partial charge < -0.3 is 25.1 Å². The van der Waals surface area contributed by atoms with Gasteiger partial charge in [0.15, 0.2) is 0 Å². The fraction of sp³-hybridized carbons (Fsp3) is 0.444. The van der Waals surface area contributed by atoms with Crippen LogP contribution in [-0.4, -0.2) is 58.1 Å². The zero-order valence-electron chi connectivity index (χ0n) is 17.6. The number of nitrogens with one attached hydrogen (secondary N) is 1. The molecule has 0 atom stereocenters. The van der Waals surface area contributed by atoms with Crippen molar-refractivity contribution in [2.75, 3.05) is 26.0 Å². The molecule has 0 aromatic carbocycles. The molecule has 0 aliphatic carbocycles. The summed E-state index contributed by atoms with van der Waals surface area (Å²) in [5.74, 6) is -1.92. The number of esters is 1. The van der Waals surface area contributed by atoms with Gasteiger partial charge in [0, 0.05) is 14.1 Å². The lowest BCUT2D eigenvalue weighted by molar-refractivity contribution is -0.390. The first kappa shape index (κ1) is 24.5. The second kappa shape index (κ2) is 10.0. The van der Waals surface area contributed by atoms with E-state index in [0.29, 0.717) is 22.6 Å². The van der Waals surface area contributed by atoms with Crippen LogP contribution in [0.1, 0.15) is 44.6 Å². The predicted octanol–water partition coefficient (Wildman–Crippen LogP) is 3.14. The summed E-state index contributed by atoms with van der Waals surface area (Å²) < 4.78 is 6.57. The van der Waals surface area contributed by atoms with Gasteiger partial charge in [0.1, 0.15) is 16.0 Å². The molecule has 2 heterocycles. The Balaban J connectivity index is 2.36. The van der Waals surface area contributed by atoms with Crippen molar-refractivity contribution in [2.24, 2.45) is 0 Å². The predicted molar refractivity (Wildman–Crippen MR) is 118 cm³/mol. The molecule has 0 unspecified atom stereocenters. The first-order valence-corrected chi connectivity index (χ1v) is 10.8. The molecule has 2 rings (SSSR count). The third kappa shape index (κ3) is 5.28. The Kier molecular flexibility index (Phi) is 7.90. The molecular formula is C18H22BrN5O6S. The van der Waals surface area contributed by atoms with Gasteiger partial charge in [-0.3, -0.25) is 9.59 Å². The molecule has 0 radical (unpaired) electrons. The van der Waals surface area contributed by atoms with E-state index in [0.717, 1.165) is 11.3 Å². The number of hydrogen-bond acceptors (Lipinski definition) is 8. The van der Waals surface area contributed by atoms with Crippen molar-refractivity contribution < 1.29 is 24.0 Å². The van der Waals surface area contributed by atoms with Crippen molar-refractivity contribution >= 4 is 55.9 Å². The normalized spacial score (nSPS) is 10.6. The molecule has 2 amide bonds. The average Bonchev–Trinajstić information content (AvgIpc) is 3.16. The monoisotopic (exact) mass is 515 g/mol. The highest BCUT2D eigenvalue weighted by Gasteiger charge is 2.29. The van der Waals surface area contributed by atoms with Crippen LogP contribution in [0.5, 0.6) is 0 Å². The summed E-state index contributed by atoms with van der Waals surface area (Å²) in [5, 5.41) is 17.7. The van der Waals surface area contributed by atoms with Gasteiger partial charge >= 0.3 is 11.8 Å². The number of thiophene rings is 1. The van der Waals surface area contributed by atoms with Crippen LogP contribution in [0.4, 0.5) is 10.8 Å². The minimum Gasteiger partial charge on any atom is -0.462 e. The summed E-state index contributed by atoms with van der Waals surface area (Å²) in [4.78, 5) is 49.8. The van der Waals surface area contributed by atoms with E-state index in [1.54, 1.807) is 27.9 Å². The molecule has 0 saturated carbocycles. The van der Waals surface area contributed by atoms with Crippen molar-refractivity contribution in [3.05, 3.63) is 36.3 Å². The zero-order valence-corrected chi connectivity index (χ0v) is 20.0. The standard InChI is InChI=1S/C18H22BrN5O6S/c1-6-7-30-18(27)12-9(2)14(17(26)22(4)5)31-16(12)20-11(25)8-23-10(3)13(19)15(21-23)24(28)29/h6-8H2,1-5H3,(H,20,25). The van der Waals surface area contributed by atoms with E-state index < -0.39 is 22.6 Å². The number of amides is 2. The van der Waals surface area contributed by atoms with Gasteiger partial charge in [0.25, 0.3) is 5.91 Å². The van der Waals surface area contributed by atoms with Gasteiger partial charge in [-0.05, 0) is 46.7 Å². The first-order chi connectivity index (χ1) is 14.5. The minimum atomic E-state index is -0.658. The van der Waals surface area contributed by atoms with Crippen molar-refractivity contribution in [3.8, 4) is 0 Å². The highest BCUT2D eigenvalue weighted by molar-refractivity contribution is 9.10. The molecule has 168 valence electrons. The van der Waals surface area contributed by atoms with Crippen LogP contribution in [0.15, 0.2) is 4.47 Å². The van der Waals surface area contributed by atoms with Crippen LogP contribution in [0.25, 0.3) is 0 Å². The van der Waals surface area contributed by atoms with E-state index in [2.05, 4.69) is 26.3 Å². The average molecular weight is 516 g/mol. The Labute approximate surface area is 190 Å². The fourth-order valence-corrected chi connectivity index (χ4v) is 4.26. The summed E-state index contributed by atoms with van der Waals surface area (Å²) in [6, 6.07) is 0. The third-order valence-corrected chi connectivity index (χ3v) is 6.35. The Morgan fingerprint density at radius 2 is 1.97 bits per heavy atom. The maximum Gasteiger partial charge on any atom is 0.404 e. The molecule has 0 bridgehead atoms. The van der Waals surface area contributed by atoms with E-state index in [1.807, 2.05) is 6.92 Å². The second-order valence-electron chi connectivity index (χ2n) is 6.78. The van der Waals surface area contributed by atoms with Crippen LogP contribution >= 0.6 is 27.3 Å². The van der Waals surface area contributed by atoms with Gasteiger partial charge in [0.2, 0.25) is 5.91 Å². The second-order valence-corrected chi connectivity index (χ2v) is 8.60. The molecule has 11 nitrogen and oxygen atoms in total. The number of ether oxygens (including phenoxy) is 1. The highest BCUT2D eigenvalue weighted by atomic mass is 79.9. The molecule has 0 saturated heterocycles. The van der Waals surface area contributed by atoms with Crippen LogP contribution in [0.2, 0.25) is 0 Å².